The molecule has 178 valence electrons. The van der Waals surface area contributed by atoms with E-state index in [0.717, 1.165) is 59.8 Å². The van der Waals surface area contributed by atoms with Crippen molar-refractivity contribution in [2.45, 2.75) is 25.5 Å². The SMILES string of the molecule is COc1ccc2ncc(-c3ccc(Nc4ccc(N5CCC(O)CC5)cn4)c4c3CNC4=O)n2c1. The average Bonchev–Trinajstić information content (AvgIpc) is 3.49. The summed E-state index contributed by atoms with van der Waals surface area (Å²) in [5.74, 6) is 1.29. The summed E-state index contributed by atoms with van der Waals surface area (Å²) in [7, 11) is 1.63. The minimum atomic E-state index is -0.209. The van der Waals surface area contributed by atoms with Crippen molar-refractivity contribution in [1.29, 1.82) is 0 Å². The van der Waals surface area contributed by atoms with E-state index in [1.807, 2.05) is 59.4 Å². The van der Waals surface area contributed by atoms with Gasteiger partial charge in [0.25, 0.3) is 5.91 Å². The summed E-state index contributed by atoms with van der Waals surface area (Å²) >= 11 is 0. The van der Waals surface area contributed by atoms with Crippen LogP contribution in [0.3, 0.4) is 0 Å². The van der Waals surface area contributed by atoms with Crippen molar-refractivity contribution < 1.29 is 14.6 Å². The van der Waals surface area contributed by atoms with Crippen LogP contribution in [0.2, 0.25) is 0 Å². The maximum absolute atomic E-state index is 12.8. The van der Waals surface area contributed by atoms with Crippen molar-refractivity contribution in [2.75, 3.05) is 30.4 Å². The summed E-state index contributed by atoms with van der Waals surface area (Å²) < 4.78 is 7.36. The molecule has 0 spiro atoms. The highest BCUT2D eigenvalue weighted by molar-refractivity contribution is 6.06. The summed E-state index contributed by atoms with van der Waals surface area (Å²) in [6.45, 7) is 2.09. The van der Waals surface area contributed by atoms with Crippen LogP contribution in [0.25, 0.3) is 16.9 Å². The fourth-order valence-corrected chi connectivity index (χ4v) is 4.88. The van der Waals surface area contributed by atoms with E-state index < -0.39 is 0 Å². The second kappa shape index (κ2) is 8.59. The maximum Gasteiger partial charge on any atom is 0.254 e. The number of methoxy groups -OCH3 is 1. The number of nitrogens with zero attached hydrogens (tertiary/aromatic N) is 4. The summed E-state index contributed by atoms with van der Waals surface area (Å²) in [6.07, 6.45) is 6.88. The Morgan fingerprint density at radius 3 is 2.71 bits per heavy atom. The largest absolute Gasteiger partial charge is 0.495 e. The van der Waals surface area contributed by atoms with Crippen LogP contribution in [0.5, 0.6) is 5.75 Å². The molecule has 1 fully saturated rings. The molecule has 3 aromatic heterocycles. The molecule has 4 aromatic rings. The van der Waals surface area contributed by atoms with E-state index >= 15 is 0 Å². The highest BCUT2D eigenvalue weighted by Crippen LogP contribution is 2.36. The van der Waals surface area contributed by atoms with Gasteiger partial charge in [-0.1, -0.05) is 6.07 Å². The predicted molar refractivity (Wildman–Crippen MR) is 133 cm³/mol. The predicted octanol–water partition coefficient (Wildman–Crippen LogP) is 3.35. The number of carbonyl (C=O) groups is 1. The third-order valence-electron chi connectivity index (χ3n) is 6.80. The Balaban J connectivity index is 1.31. The first-order valence-corrected chi connectivity index (χ1v) is 11.7. The van der Waals surface area contributed by atoms with Gasteiger partial charge in [-0.2, -0.15) is 0 Å². The van der Waals surface area contributed by atoms with Gasteiger partial charge in [0.2, 0.25) is 0 Å². The Kier molecular flexibility index (Phi) is 5.26. The van der Waals surface area contributed by atoms with Gasteiger partial charge in [-0.15, -0.1) is 0 Å². The number of amides is 1. The summed E-state index contributed by atoms with van der Waals surface area (Å²) in [6, 6.07) is 11.7. The molecule has 3 N–H and O–H groups in total. The zero-order chi connectivity index (χ0) is 23.9. The molecule has 5 heterocycles. The minimum absolute atomic E-state index is 0.112. The van der Waals surface area contributed by atoms with Gasteiger partial charge >= 0.3 is 0 Å². The van der Waals surface area contributed by atoms with Crippen LogP contribution < -0.4 is 20.3 Å². The molecule has 1 amide bonds. The van der Waals surface area contributed by atoms with Crippen LogP contribution in [-0.2, 0) is 6.54 Å². The molecule has 0 radical (unpaired) electrons. The number of benzene rings is 1. The topological polar surface area (TPSA) is 104 Å². The number of ether oxygens (including phenoxy) is 1. The quantitative estimate of drug-likeness (QED) is 0.411. The van der Waals surface area contributed by atoms with Crippen LogP contribution in [0.4, 0.5) is 17.2 Å². The van der Waals surface area contributed by atoms with E-state index in [4.69, 9.17) is 4.74 Å². The molecule has 1 aromatic carbocycles. The second-order valence-corrected chi connectivity index (χ2v) is 8.88. The number of aliphatic hydroxyl groups is 1. The van der Waals surface area contributed by atoms with Crippen molar-refractivity contribution >= 4 is 28.7 Å². The third kappa shape index (κ3) is 3.83. The second-order valence-electron chi connectivity index (χ2n) is 8.88. The number of pyridine rings is 2. The first kappa shape index (κ1) is 21.4. The molecule has 0 saturated carbocycles. The van der Waals surface area contributed by atoms with E-state index in [9.17, 15) is 9.90 Å². The number of hydrogen-bond acceptors (Lipinski definition) is 7. The van der Waals surface area contributed by atoms with Crippen LogP contribution in [-0.4, -0.2) is 51.7 Å². The van der Waals surface area contributed by atoms with E-state index in [1.54, 1.807) is 7.11 Å². The van der Waals surface area contributed by atoms with Gasteiger partial charge < -0.3 is 25.4 Å². The van der Waals surface area contributed by atoms with Gasteiger partial charge in [-0.3, -0.25) is 9.20 Å². The zero-order valence-electron chi connectivity index (χ0n) is 19.4. The molecule has 2 aliphatic rings. The summed E-state index contributed by atoms with van der Waals surface area (Å²) in [4.78, 5) is 24.1. The van der Waals surface area contributed by atoms with Gasteiger partial charge in [-0.25, -0.2) is 9.97 Å². The maximum atomic E-state index is 12.8. The molecule has 0 atom stereocenters. The number of nitrogens with one attached hydrogen (secondary N) is 2. The molecule has 35 heavy (non-hydrogen) atoms. The van der Waals surface area contributed by atoms with Gasteiger partial charge in [0.05, 0.1) is 54.4 Å². The lowest BCUT2D eigenvalue weighted by Crippen LogP contribution is -2.35. The van der Waals surface area contributed by atoms with Crippen LogP contribution in [0.15, 0.2) is 55.0 Å². The lowest BCUT2D eigenvalue weighted by atomic mass is 9.99. The van der Waals surface area contributed by atoms with Gasteiger partial charge in [0.15, 0.2) is 0 Å². The fraction of sp³-hybridized carbons (Fsp3) is 0.269. The Bertz CT molecular complexity index is 1410. The number of hydrogen-bond donors (Lipinski definition) is 3. The number of aliphatic hydroxyl groups excluding tert-OH is 1. The number of anilines is 3. The molecule has 0 aliphatic carbocycles. The standard InChI is InChI=1S/C26H26N6O3/c1-35-18-3-7-24-28-14-22(32(24)15-18)19-4-5-21(25-20(19)13-29-26(25)34)30-23-6-2-16(12-27-23)31-10-8-17(33)9-11-31/h2-7,12,14-15,17,33H,8-11,13H2,1H3,(H,27,30)(H,29,34). The Labute approximate surface area is 202 Å². The monoisotopic (exact) mass is 470 g/mol. The molecule has 9 heteroatoms. The number of fused-ring (bicyclic) bond motifs is 2. The lowest BCUT2D eigenvalue weighted by Gasteiger charge is -2.31. The molecular weight excluding hydrogens is 444 g/mol. The molecule has 0 unspecified atom stereocenters. The highest BCUT2D eigenvalue weighted by Gasteiger charge is 2.27. The molecule has 9 nitrogen and oxygen atoms in total. The summed E-state index contributed by atoms with van der Waals surface area (Å²) in [5, 5.41) is 16.0. The molecule has 6 rings (SSSR count). The van der Waals surface area contributed by atoms with E-state index in [2.05, 4.69) is 25.5 Å². The first-order valence-electron chi connectivity index (χ1n) is 11.7. The van der Waals surface area contributed by atoms with Crippen LogP contribution in [0, 0.1) is 0 Å². The number of imidazole rings is 1. The summed E-state index contributed by atoms with van der Waals surface area (Å²) in [5.41, 5.74) is 5.94. The van der Waals surface area contributed by atoms with Crippen molar-refractivity contribution in [3.8, 4) is 17.0 Å². The zero-order valence-corrected chi connectivity index (χ0v) is 19.4. The Hall–Kier alpha value is -4.11. The Morgan fingerprint density at radius 2 is 1.94 bits per heavy atom. The number of carbonyl (C=O) groups excluding carboxylic acids is 1. The normalized spacial score (nSPS) is 15.8. The lowest BCUT2D eigenvalue weighted by molar-refractivity contribution is 0.0966. The number of piperidine rings is 1. The Morgan fingerprint density at radius 1 is 1.09 bits per heavy atom. The molecule has 1 saturated heterocycles. The smallest absolute Gasteiger partial charge is 0.254 e. The average molecular weight is 471 g/mol. The van der Waals surface area contributed by atoms with Gasteiger partial charge in [-0.05, 0) is 48.7 Å². The highest BCUT2D eigenvalue weighted by atomic mass is 16.5. The van der Waals surface area contributed by atoms with Crippen molar-refractivity contribution in [1.82, 2.24) is 19.7 Å². The van der Waals surface area contributed by atoms with E-state index in [1.165, 1.54) is 0 Å². The van der Waals surface area contributed by atoms with Crippen LogP contribution in [0.1, 0.15) is 28.8 Å². The fourth-order valence-electron chi connectivity index (χ4n) is 4.88. The van der Waals surface area contributed by atoms with Crippen molar-refractivity contribution in [2.24, 2.45) is 0 Å². The number of aromatic nitrogens is 3. The first-order chi connectivity index (χ1) is 17.1. The molecule has 2 aliphatic heterocycles. The number of rotatable bonds is 5. The van der Waals surface area contributed by atoms with Crippen LogP contribution >= 0.6 is 0 Å². The third-order valence-corrected chi connectivity index (χ3v) is 6.80. The van der Waals surface area contributed by atoms with Gasteiger partial charge in [0.1, 0.15) is 17.2 Å². The van der Waals surface area contributed by atoms with E-state index in [0.29, 0.717) is 23.6 Å². The minimum Gasteiger partial charge on any atom is -0.495 e. The van der Waals surface area contributed by atoms with E-state index in [-0.39, 0.29) is 12.0 Å². The van der Waals surface area contributed by atoms with Crippen molar-refractivity contribution in [3.63, 3.8) is 0 Å². The molecule has 0 bridgehead atoms. The van der Waals surface area contributed by atoms with Crippen molar-refractivity contribution in [3.05, 3.63) is 66.1 Å². The molecular formula is C26H26N6O3. The van der Waals surface area contributed by atoms with Gasteiger partial charge in [0, 0.05) is 25.2 Å².